The van der Waals surface area contributed by atoms with Gasteiger partial charge >= 0.3 is 0 Å². The van der Waals surface area contributed by atoms with Crippen LogP contribution in [-0.4, -0.2) is 30.1 Å². The zero-order valence-corrected chi connectivity index (χ0v) is 20.6. The van der Waals surface area contributed by atoms with Crippen LogP contribution in [0.1, 0.15) is 34.1 Å². The van der Waals surface area contributed by atoms with Gasteiger partial charge in [0.25, 0.3) is 15.9 Å². The van der Waals surface area contributed by atoms with E-state index in [1.807, 2.05) is 69.3 Å². The van der Waals surface area contributed by atoms with E-state index >= 15 is 0 Å². The van der Waals surface area contributed by atoms with Crippen molar-refractivity contribution in [3.8, 4) is 5.69 Å². The zero-order chi connectivity index (χ0) is 24.7. The molecule has 3 aromatic carbocycles. The van der Waals surface area contributed by atoms with Crippen LogP contribution in [0.15, 0.2) is 83.8 Å². The van der Waals surface area contributed by atoms with Crippen LogP contribution in [0.3, 0.4) is 0 Å². The number of fused-ring (bicyclic) bond motifs is 1. The number of sulfonamides is 1. The van der Waals surface area contributed by atoms with Gasteiger partial charge in [-0.1, -0.05) is 42.0 Å². The Bertz CT molecular complexity index is 1520. The van der Waals surface area contributed by atoms with Crippen molar-refractivity contribution in [3.63, 3.8) is 0 Å². The Labute approximate surface area is 205 Å². The van der Waals surface area contributed by atoms with Gasteiger partial charge in [-0.3, -0.25) is 9.10 Å². The maximum atomic E-state index is 13.6. The fraction of sp³-hybridized carbons (Fsp3) is 0.185. The number of amides is 1. The van der Waals surface area contributed by atoms with Crippen molar-refractivity contribution in [2.24, 2.45) is 0 Å². The normalized spacial score (nSPS) is 15.2. The Kier molecular flexibility index (Phi) is 5.68. The second kappa shape index (κ2) is 8.70. The highest BCUT2D eigenvalue weighted by atomic mass is 32.2. The molecule has 1 amide bonds. The molecule has 1 atom stereocenters. The molecule has 2 heterocycles. The molecule has 1 aliphatic rings. The first-order valence-corrected chi connectivity index (χ1v) is 12.9. The number of aryl methyl sites for hydroxylation is 2. The number of benzene rings is 3. The number of carbonyl (C=O) groups excluding carboxylic acids is 1. The van der Waals surface area contributed by atoms with Gasteiger partial charge in [-0.2, -0.15) is 5.10 Å². The average molecular weight is 487 g/mol. The topological polar surface area (TPSA) is 84.3 Å². The van der Waals surface area contributed by atoms with Gasteiger partial charge in [-0.25, -0.2) is 13.1 Å². The van der Waals surface area contributed by atoms with Crippen molar-refractivity contribution < 1.29 is 13.2 Å². The zero-order valence-electron chi connectivity index (χ0n) is 19.8. The molecule has 0 aliphatic carbocycles. The highest BCUT2D eigenvalue weighted by molar-refractivity contribution is 7.92. The van der Waals surface area contributed by atoms with E-state index < -0.39 is 15.9 Å². The van der Waals surface area contributed by atoms with Crippen LogP contribution < -0.4 is 9.62 Å². The van der Waals surface area contributed by atoms with E-state index in [9.17, 15) is 13.2 Å². The van der Waals surface area contributed by atoms with Crippen LogP contribution in [0.4, 0.5) is 11.5 Å². The fourth-order valence-corrected chi connectivity index (χ4v) is 6.21. The molecule has 4 aromatic rings. The number of aromatic nitrogens is 2. The summed E-state index contributed by atoms with van der Waals surface area (Å²) < 4.78 is 30.3. The predicted octanol–water partition coefficient (Wildman–Crippen LogP) is 4.88. The molecule has 0 saturated heterocycles. The summed E-state index contributed by atoms with van der Waals surface area (Å²) in [5.41, 5.74) is 4.62. The minimum atomic E-state index is -3.85. The van der Waals surface area contributed by atoms with E-state index in [0.717, 1.165) is 22.5 Å². The highest BCUT2D eigenvalue weighted by Gasteiger charge is 2.36. The Morgan fingerprint density at radius 3 is 2.49 bits per heavy atom. The van der Waals surface area contributed by atoms with Gasteiger partial charge in [-0.05, 0) is 69.2 Å². The van der Waals surface area contributed by atoms with Gasteiger partial charge < -0.3 is 5.32 Å². The number of rotatable bonds is 5. The lowest BCUT2D eigenvalue weighted by Crippen LogP contribution is -2.35. The quantitative estimate of drug-likeness (QED) is 0.436. The Morgan fingerprint density at radius 1 is 0.971 bits per heavy atom. The molecular weight excluding hydrogens is 460 g/mol. The predicted molar refractivity (Wildman–Crippen MR) is 137 cm³/mol. The summed E-state index contributed by atoms with van der Waals surface area (Å²) in [4.78, 5) is 13.2. The van der Waals surface area contributed by atoms with Gasteiger partial charge in [0.1, 0.15) is 5.82 Å². The maximum Gasteiger partial charge on any atom is 0.264 e. The van der Waals surface area contributed by atoms with Crippen molar-refractivity contribution in [2.45, 2.75) is 38.1 Å². The van der Waals surface area contributed by atoms with Crippen molar-refractivity contribution in [2.75, 3.05) is 9.62 Å². The fourth-order valence-electron chi connectivity index (χ4n) is 4.47. The SMILES string of the molecule is Cc1ccc(-n2nc(C)cc2NC(=O)c2cccc(S(=O)(=O)N3c4ccccc4C[C@H]3C)c2)cc1. The molecule has 178 valence electrons. The summed E-state index contributed by atoms with van der Waals surface area (Å²) in [6.07, 6.45) is 0.651. The van der Waals surface area contributed by atoms with E-state index in [2.05, 4.69) is 10.4 Å². The van der Waals surface area contributed by atoms with Crippen LogP contribution in [0.2, 0.25) is 0 Å². The molecule has 1 N–H and O–H groups in total. The molecule has 0 bridgehead atoms. The first kappa shape index (κ1) is 22.9. The first-order chi connectivity index (χ1) is 16.7. The summed E-state index contributed by atoms with van der Waals surface area (Å²) in [6.45, 7) is 5.74. The van der Waals surface area contributed by atoms with Crippen molar-refractivity contribution in [3.05, 3.63) is 101 Å². The number of nitrogens with one attached hydrogen (secondary N) is 1. The van der Waals surface area contributed by atoms with E-state index in [0.29, 0.717) is 17.9 Å². The van der Waals surface area contributed by atoms with E-state index in [1.165, 1.54) is 16.4 Å². The summed E-state index contributed by atoms with van der Waals surface area (Å²) in [5, 5.41) is 7.38. The molecule has 0 radical (unpaired) electrons. The monoisotopic (exact) mass is 486 g/mol. The number of anilines is 2. The first-order valence-electron chi connectivity index (χ1n) is 11.4. The molecule has 7 nitrogen and oxygen atoms in total. The van der Waals surface area contributed by atoms with Gasteiger partial charge in [0.15, 0.2) is 0 Å². The minimum absolute atomic E-state index is 0.0805. The van der Waals surface area contributed by atoms with Gasteiger partial charge in [0.05, 0.1) is 22.0 Å². The molecule has 0 unspecified atom stereocenters. The van der Waals surface area contributed by atoms with Gasteiger partial charge in [0.2, 0.25) is 0 Å². The lowest BCUT2D eigenvalue weighted by atomic mass is 10.1. The summed E-state index contributed by atoms with van der Waals surface area (Å²) in [6, 6.07) is 23.1. The molecule has 5 rings (SSSR count). The van der Waals surface area contributed by atoms with Crippen LogP contribution in [0.5, 0.6) is 0 Å². The second-order valence-electron chi connectivity index (χ2n) is 8.88. The number of nitrogens with zero attached hydrogens (tertiary/aromatic N) is 3. The molecule has 1 aliphatic heterocycles. The van der Waals surface area contributed by atoms with Gasteiger partial charge in [-0.15, -0.1) is 0 Å². The smallest absolute Gasteiger partial charge is 0.264 e. The van der Waals surface area contributed by atoms with Gasteiger partial charge in [0, 0.05) is 17.7 Å². The molecule has 8 heteroatoms. The van der Waals surface area contributed by atoms with Crippen LogP contribution in [-0.2, 0) is 16.4 Å². The Hall–Kier alpha value is -3.91. The van der Waals surface area contributed by atoms with Crippen molar-refractivity contribution in [1.29, 1.82) is 0 Å². The minimum Gasteiger partial charge on any atom is -0.306 e. The number of carbonyl (C=O) groups is 1. The lowest BCUT2D eigenvalue weighted by molar-refractivity contribution is 0.102. The molecule has 0 saturated carbocycles. The number of hydrogen-bond donors (Lipinski definition) is 1. The van der Waals surface area contributed by atoms with E-state index in [4.69, 9.17) is 0 Å². The summed E-state index contributed by atoms with van der Waals surface area (Å²) >= 11 is 0. The second-order valence-corrected chi connectivity index (χ2v) is 10.7. The van der Waals surface area contributed by atoms with E-state index in [-0.39, 0.29) is 16.5 Å². The van der Waals surface area contributed by atoms with Crippen LogP contribution in [0.25, 0.3) is 5.69 Å². The Balaban J connectivity index is 1.44. The maximum absolute atomic E-state index is 13.6. The van der Waals surface area contributed by atoms with E-state index in [1.54, 1.807) is 22.9 Å². The molecule has 0 spiro atoms. The largest absolute Gasteiger partial charge is 0.306 e. The number of para-hydroxylation sites is 1. The standard InChI is InChI=1S/C27H26N4O3S/c1-18-11-13-23(14-12-18)30-26(15-19(2)29-30)28-27(32)22-8-6-9-24(17-22)35(33,34)31-20(3)16-21-7-4-5-10-25(21)31/h4-15,17,20H,16H2,1-3H3,(H,28,32)/t20-/m1/s1. The molecular formula is C27H26N4O3S. The summed E-state index contributed by atoms with van der Waals surface area (Å²) in [7, 11) is -3.85. The Morgan fingerprint density at radius 2 is 1.71 bits per heavy atom. The lowest BCUT2D eigenvalue weighted by Gasteiger charge is -2.24. The van der Waals surface area contributed by atoms with Crippen molar-refractivity contribution >= 4 is 27.4 Å². The average Bonchev–Trinajstić information content (AvgIpc) is 3.38. The highest BCUT2D eigenvalue weighted by Crippen LogP contribution is 2.36. The number of hydrogen-bond acceptors (Lipinski definition) is 4. The van der Waals surface area contributed by atoms with Crippen molar-refractivity contribution in [1.82, 2.24) is 9.78 Å². The molecule has 1 aromatic heterocycles. The third-order valence-corrected chi connectivity index (χ3v) is 8.07. The van der Waals surface area contributed by atoms with Crippen LogP contribution in [0, 0.1) is 13.8 Å². The third-order valence-electron chi connectivity index (χ3n) is 6.15. The third kappa shape index (κ3) is 4.21. The molecule has 35 heavy (non-hydrogen) atoms. The van der Waals surface area contributed by atoms with Crippen LogP contribution >= 0.6 is 0 Å². The molecule has 0 fully saturated rings. The summed E-state index contributed by atoms with van der Waals surface area (Å²) in [5.74, 6) is 0.0943.